The third-order valence-electron chi connectivity index (χ3n) is 4.10. The standard InChI is InChI=1S/C22H17BrClNO2/c1-14-6-8-15(9-7-14)12-21(26)25-20-11-10-16(23)13-18(20)22(27)17-4-2-3-5-19(17)24/h2-11,13H,12H2,1H3,(H,25,26). The largest absolute Gasteiger partial charge is 0.325 e. The van der Waals surface area contributed by atoms with Crippen molar-refractivity contribution in [1.82, 2.24) is 0 Å². The molecule has 27 heavy (non-hydrogen) atoms. The monoisotopic (exact) mass is 441 g/mol. The Morgan fingerprint density at radius 3 is 2.37 bits per heavy atom. The van der Waals surface area contributed by atoms with Crippen molar-refractivity contribution in [3.8, 4) is 0 Å². The van der Waals surface area contributed by atoms with Gasteiger partial charge in [0.25, 0.3) is 0 Å². The number of nitrogens with one attached hydrogen (secondary N) is 1. The van der Waals surface area contributed by atoms with Crippen molar-refractivity contribution in [2.24, 2.45) is 0 Å². The van der Waals surface area contributed by atoms with Crippen LogP contribution < -0.4 is 5.32 Å². The van der Waals surface area contributed by atoms with Gasteiger partial charge in [-0.2, -0.15) is 0 Å². The van der Waals surface area contributed by atoms with Gasteiger partial charge in [0.05, 0.1) is 17.1 Å². The van der Waals surface area contributed by atoms with Crippen LogP contribution in [0.5, 0.6) is 0 Å². The summed E-state index contributed by atoms with van der Waals surface area (Å²) >= 11 is 9.55. The lowest BCUT2D eigenvalue weighted by Crippen LogP contribution is -2.17. The van der Waals surface area contributed by atoms with Crippen molar-refractivity contribution in [3.63, 3.8) is 0 Å². The third kappa shape index (κ3) is 4.85. The molecule has 3 rings (SSSR count). The van der Waals surface area contributed by atoms with Gasteiger partial charge in [0.1, 0.15) is 0 Å². The molecule has 0 bridgehead atoms. The highest BCUT2D eigenvalue weighted by atomic mass is 79.9. The molecule has 0 radical (unpaired) electrons. The van der Waals surface area contributed by atoms with Gasteiger partial charge in [-0.3, -0.25) is 9.59 Å². The predicted octanol–water partition coefficient (Wildman–Crippen LogP) is 5.82. The number of hydrogen-bond acceptors (Lipinski definition) is 2. The van der Waals surface area contributed by atoms with Gasteiger partial charge in [0, 0.05) is 15.6 Å². The molecular formula is C22H17BrClNO2. The smallest absolute Gasteiger partial charge is 0.228 e. The maximum Gasteiger partial charge on any atom is 0.228 e. The van der Waals surface area contributed by atoms with Crippen molar-refractivity contribution >= 4 is 44.9 Å². The van der Waals surface area contributed by atoms with Gasteiger partial charge in [-0.25, -0.2) is 0 Å². The zero-order valence-corrected chi connectivity index (χ0v) is 17.0. The summed E-state index contributed by atoms with van der Waals surface area (Å²) in [4.78, 5) is 25.4. The first-order chi connectivity index (χ1) is 12.9. The van der Waals surface area contributed by atoms with Crippen molar-refractivity contribution < 1.29 is 9.59 Å². The lowest BCUT2D eigenvalue weighted by atomic mass is 10.0. The van der Waals surface area contributed by atoms with Crippen molar-refractivity contribution in [3.05, 3.63) is 98.5 Å². The fraction of sp³-hybridized carbons (Fsp3) is 0.0909. The second kappa shape index (κ2) is 8.51. The Labute approximate surface area is 171 Å². The third-order valence-corrected chi connectivity index (χ3v) is 4.93. The molecule has 0 spiro atoms. The maximum atomic E-state index is 13.0. The lowest BCUT2D eigenvalue weighted by Gasteiger charge is -2.12. The summed E-state index contributed by atoms with van der Waals surface area (Å²) in [5.74, 6) is -0.429. The van der Waals surface area contributed by atoms with Crippen LogP contribution in [0, 0.1) is 6.92 Å². The maximum absolute atomic E-state index is 13.0. The Morgan fingerprint density at radius 1 is 0.963 bits per heavy atom. The number of halogens is 2. The molecule has 3 nitrogen and oxygen atoms in total. The summed E-state index contributed by atoms with van der Waals surface area (Å²) in [6, 6.07) is 19.8. The van der Waals surface area contributed by atoms with Crippen LogP contribution in [0.15, 0.2) is 71.2 Å². The minimum Gasteiger partial charge on any atom is -0.325 e. The number of aryl methyl sites for hydroxylation is 1. The number of anilines is 1. The van der Waals surface area contributed by atoms with E-state index in [1.165, 1.54) is 0 Å². The molecule has 0 fully saturated rings. The zero-order valence-electron chi connectivity index (χ0n) is 14.6. The number of carbonyl (C=O) groups is 2. The fourth-order valence-corrected chi connectivity index (χ4v) is 3.27. The summed E-state index contributed by atoms with van der Waals surface area (Å²) in [5.41, 5.74) is 3.29. The molecule has 136 valence electrons. The number of hydrogen-bond donors (Lipinski definition) is 1. The van der Waals surface area contributed by atoms with E-state index in [-0.39, 0.29) is 18.1 Å². The van der Waals surface area contributed by atoms with Gasteiger partial charge < -0.3 is 5.32 Å². The van der Waals surface area contributed by atoms with Gasteiger partial charge in [0.2, 0.25) is 5.91 Å². The zero-order chi connectivity index (χ0) is 19.4. The molecule has 0 heterocycles. The van der Waals surface area contributed by atoms with E-state index in [1.54, 1.807) is 42.5 Å². The van der Waals surface area contributed by atoms with Crippen LogP contribution >= 0.6 is 27.5 Å². The highest BCUT2D eigenvalue weighted by Gasteiger charge is 2.18. The molecule has 0 aromatic heterocycles. The fourth-order valence-electron chi connectivity index (χ4n) is 2.69. The summed E-state index contributed by atoms with van der Waals surface area (Å²) in [5, 5.41) is 3.22. The molecule has 0 aliphatic carbocycles. The van der Waals surface area contributed by atoms with E-state index >= 15 is 0 Å². The number of rotatable bonds is 5. The normalized spacial score (nSPS) is 10.5. The van der Waals surface area contributed by atoms with E-state index < -0.39 is 0 Å². The van der Waals surface area contributed by atoms with Gasteiger partial charge in [-0.1, -0.05) is 69.5 Å². The van der Waals surface area contributed by atoms with E-state index in [2.05, 4.69) is 21.2 Å². The molecule has 1 amide bonds. The summed E-state index contributed by atoms with van der Waals surface area (Å²) in [7, 11) is 0. The molecule has 0 aliphatic heterocycles. The van der Waals surface area contributed by atoms with Gasteiger partial charge >= 0.3 is 0 Å². The molecule has 0 saturated heterocycles. The summed E-state index contributed by atoms with van der Waals surface area (Å²) in [6.45, 7) is 2.00. The Kier molecular flexibility index (Phi) is 6.09. The van der Waals surface area contributed by atoms with E-state index in [9.17, 15) is 9.59 Å². The Hall–Kier alpha value is -2.43. The number of benzene rings is 3. The molecule has 3 aromatic rings. The number of carbonyl (C=O) groups excluding carboxylic acids is 2. The molecule has 1 N–H and O–H groups in total. The van der Waals surface area contributed by atoms with Crippen LogP contribution in [0.4, 0.5) is 5.69 Å². The van der Waals surface area contributed by atoms with Crippen LogP contribution in [-0.4, -0.2) is 11.7 Å². The van der Waals surface area contributed by atoms with Crippen LogP contribution in [0.25, 0.3) is 0 Å². The molecule has 3 aromatic carbocycles. The van der Waals surface area contributed by atoms with Crippen molar-refractivity contribution in [1.29, 1.82) is 0 Å². The van der Waals surface area contributed by atoms with Crippen molar-refractivity contribution in [2.45, 2.75) is 13.3 Å². The molecule has 5 heteroatoms. The second-order valence-corrected chi connectivity index (χ2v) is 7.53. The molecule has 0 saturated carbocycles. The van der Waals surface area contributed by atoms with E-state index in [0.717, 1.165) is 15.6 Å². The topological polar surface area (TPSA) is 46.2 Å². The lowest BCUT2D eigenvalue weighted by molar-refractivity contribution is -0.115. The summed E-state index contributed by atoms with van der Waals surface area (Å²) < 4.78 is 0.745. The Balaban J connectivity index is 1.86. The van der Waals surface area contributed by atoms with E-state index in [1.807, 2.05) is 31.2 Å². The SMILES string of the molecule is Cc1ccc(CC(=O)Nc2ccc(Br)cc2C(=O)c2ccccc2Cl)cc1. The molecular weight excluding hydrogens is 426 g/mol. The van der Waals surface area contributed by atoms with Crippen LogP contribution in [-0.2, 0) is 11.2 Å². The van der Waals surface area contributed by atoms with Gasteiger partial charge in [-0.15, -0.1) is 0 Å². The second-order valence-electron chi connectivity index (χ2n) is 6.21. The number of amides is 1. The van der Waals surface area contributed by atoms with Crippen LogP contribution in [0.3, 0.4) is 0 Å². The number of ketones is 1. The molecule has 0 unspecified atom stereocenters. The van der Waals surface area contributed by atoms with E-state index in [4.69, 9.17) is 11.6 Å². The quantitative estimate of drug-likeness (QED) is 0.506. The van der Waals surface area contributed by atoms with Crippen LogP contribution in [0.2, 0.25) is 5.02 Å². The Morgan fingerprint density at radius 2 is 1.67 bits per heavy atom. The average molecular weight is 443 g/mol. The van der Waals surface area contributed by atoms with Gasteiger partial charge in [0.15, 0.2) is 5.78 Å². The first-order valence-corrected chi connectivity index (χ1v) is 9.55. The van der Waals surface area contributed by atoms with Crippen molar-refractivity contribution in [2.75, 3.05) is 5.32 Å². The van der Waals surface area contributed by atoms with Crippen LogP contribution in [0.1, 0.15) is 27.0 Å². The highest BCUT2D eigenvalue weighted by Crippen LogP contribution is 2.27. The Bertz CT molecular complexity index is 999. The first kappa shape index (κ1) is 19.3. The minimum absolute atomic E-state index is 0.186. The molecule has 0 atom stereocenters. The minimum atomic E-state index is -0.243. The van der Waals surface area contributed by atoms with E-state index in [0.29, 0.717) is 21.8 Å². The highest BCUT2D eigenvalue weighted by molar-refractivity contribution is 9.10. The predicted molar refractivity (Wildman–Crippen MR) is 113 cm³/mol. The average Bonchev–Trinajstić information content (AvgIpc) is 2.65. The molecule has 0 aliphatic rings. The van der Waals surface area contributed by atoms with Gasteiger partial charge in [-0.05, 0) is 42.8 Å². The first-order valence-electron chi connectivity index (χ1n) is 8.38. The summed E-state index contributed by atoms with van der Waals surface area (Å²) in [6.07, 6.45) is 0.232.